The summed E-state index contributed by atoms with van der Waals surface area (Å²) >= 11 is 0. The van der Waals surface area contributed by atoms with Crippen molar-refractivity contribution in [3.8, 4) is 0 Å². The van der Waals surface area contributed by atoms with Crippen LogP contribution in [0.1, 0.15) is 63.0 Å². The monoisotopic (exact) mass is 203 g/mol. The van der Waals surface area contributed by atoms with Crippen molar-refractivity contribution in [3.05, 3.63) is 42.3 Å². The zero-order valence-electron chi connectivity index (χ0n) is 10.1. The fourth-order valence-corrected chi connectivity index (χ4v) is 2.19. The predicted octanol–water partition coefficient (Wildman–Crippen LogP) is 4.94. The van der Waals surface area contributed by atoms with Gasteiger partial charge in [0.2, 0.25) is 0 Å². The molecule has 0 spiro atoms. The average Bonchev–Trinajstić information content (AvgIpc) is 2.25. The van der Waals surface area contributed by atoms with Gasteiger partial charge in [0.15, 0.2) is 0 Å². The van der Waals surface area contributed by atoms with Crippen molar-refractivity contribution >= 4 is 0 Å². The van der Waals surface area contributed by atoms with E-state index in [1.165, 1.54) is 43.2 Å². The Morgan fingerprint density at radius 3 is 2.40 bits per heavy atom. The van der Waals surface area contributed by atoms with E-state index in [2.05, 4.69) is 45.0 Å². The van der Waals surface area contributed by atoms with E-state index in [1.807, 2.05) is 0 Å². The van der Waals surface area contributed by atoms with Gasteiger partial charge in [0.1, 0.15) is 0 Å². The summed E-state index contributed by atoms with van der Waals surface area (Å²) in [4.78, 5) is 0. The summed E-state index contributed by atoms with van der Waals surface area (Å²) in [5.74, 6) is 0.726. The second-order valence-corrected chi connectivity index (χ2v) is 4.33. The number of rotatable bonds is 6. The van der Waals surface area contributed by atoms with Crippen LogP contribution in [0.2, 0.25) is 0 Å². The summed E-state index contributed by atoms with van der Waals surface area (Å²) in [6.45, 7) is 8.66. The van der Waals surface area contributed by atoms with Gasteiger partial charge in [-0.3, -0.25) is 0 Å². The van der Waals surface area contributed by atoms with Gasteiger partial charge in [0.05, 0.1) is 0 Å². The Morgan fingerprint density at radius 2 is 1.80 bits per heavy atom. The molecule has 15 heavy (non-hydrogen) atoms. The van der Waals surface area contributed by atoms with E-state index in [0.29, 0.717) is 0 Å². The molecule has 0 fully saturated rings. The van der Waals surface area contributed by atoms with Crippen molar-refractivity contribution in [1.82, 2.24) is 0 Å². The molecule has 83 valence electrons. The van der Waals surface area contributed by atoms with Gasteiger partial charge in [0, 0.05) is 0 Å². The van der Waals surface area contributed by atoms with Gasteiger partial charge in [-0.1, -0.05) is 57.4 Å². The Balaban J connectivity index is 2.74. The van der Waals surface area contributed by atoms with Crippen molar-refractivity contribution in [2.45, 2.75) is 51.9 Å². The van der Waals surface area contributed by atoms with Crippen LogP contribution in [-0.2, 0) is 0 Å². The van der Waals surface area contributed by atoms with E-state index in [4.69, 9.17) is 0 Å². The Bertz CT molecular complexity index is 275. The lowest BCUT2D eigenvalue weighted by molar-refractivity contribution is 0.540. The number of benzene rings is 1. The van der Waals surface area contributed by atoms with E-state index in [0.717, 1.165) is 5.92 Å². The highest BCUT2D eigenvalue weighted by Gasteiger charge is 2.11. The van der Waals surface area contributed by atoms with Gasteiger partial charge in [-0.05, 0) is 36.8 Å². The van der Waals surface area contributed by atoms with E-state index in [9.17, 15) is 0 Å². The first kappa shape index (κ1) is 12.3. The smallest absolute Gasteiger partial charge is 0.0159 e. The normalized spacial score (nSPS) is 12.7. The third kappa shape index (κ3) is 3.70. The second kappa shape index (κ2) is 6.66. The summed E-state index contributed by atoms with van der Waals surface area (Å²) in [5, 5.41) is 0. The largest absolute Gasteiger partial charge is 0.0654 e. The molecule has 0 saturated heterocycles. The predicted molar refractivity (Wildman–Crippen MR) is 68.1 cm³/mol. The lowest BCUT2D eigenvalue weighted by atomic mass is 9.87. The topological polar surface area (TPSA) is 0 Å². The van der Waals surface area contributed by atoms with Gasteiger partial charge in [0.25, 0.3) is 0 Å². The zero-order valence-corrected chi connectivity index (χ0v) is 10.1. The molecule has 0 saturated carbocycles. The Labute approximate surface area is 94.7 Å². The molecule has 0 aliphatic carbocycles. The highest BCUT2D eigenvalue weighted by molar-refractivity contribution is 5.32. The molecule has 0 aliphatic heterocycles. The minimum absolute atomic E-state index is 0.726. The second-order valence-electron chi connectivity index (χ2n) is 4.33. The van der Waals surface area contributed by atoms with E-state index in [1.54, 1.807) is 0 Å². The third-order valence-electron chi connectivity index (χ3n) is 3.04. The maximum Gasteiger partial charge on any atom is -0.0159 e. The molecule has 0 amide bonds. The minimum atomic E-state index is 0.726. The third-order valence-corrected chi connectivity index (χ3v) is 3.04. The van der Waals surface area contributed by atoms with E-state index in [-0.39, 0.29) is 0 Å². The van der Waals surface area contributed by atoms with Crippen LogP contribution in [0, 0.1) is 6.92 Å². The highest BCUT2D eigenvalue weighted by atomic mass is 14.2. The summed E-state index contributed by atoms with van der Waals surface area (Å²) in [6.07, 6.45) is 6.50. The standard InChI is InChI=1S/C15H23/c1-4-6-11-14(9-5-2)15-12-8-7-10-13(15)3/h7-8,10,12,14H,3-6,9,11H2,1-2H3. The number of unbranched alkanes of at least 4 members (excludes halogenated alkanes) is 1. The van der Waals surface area contributed by atoms with Crippen molar-refractivity contribution in [2.75, 3.05) is 0 Å². The minimum Gasteiger partial charge on any atom is -0.0654 e. The first-order valence-electron chi connectivity index (χ1n) is 6.20. The lowest BCUT2D eigenvalue weighted by Crippen LogP contribution is -2.01. The number of hydrogen-bond donors (Lipinski definition) is 0. The summed E-state index contributed by atoms with van der Waals surface area (Å²) in [7, 11) is 0. The molecule has 1 radical (unpaired) electrons. The van der Waals surface area contributed by atoms with Crippen LogP contribution in [0.3, 0.4) is 0 Å². The SMILES string of the molecule is [CH2]c1ccccc1C(CCC)CCCC. The van der Waals surface area contributed by atoms with Gasteiger partial charge in [-0.15, -0.1) is 0 Å². The molecule has 0 aliphatic rings. The van der Waals surface area contributed by atoms with Gasteiger partial charge >= 0.3 is 0 Å². The Hall–Kier alpha value is -0.780. The molecule has 1 aromatic carbocycles. The fourth-order valence-electron chi connectivity index (χ4n) is 2.19. The van der Waals surface area contributed by atoms with Crippen LogP contribution in [0.4, 0.5) is 0 Å². The lowest BCUT2D eigenvalue weighted by Gasteiger charge is -2.18. The van der Waals surface area contributed by atoms with Crippen LogP contribution in [0.25, 0.3) is 0 Å². The first-order valence-corrected chi connectivity index (χ1v) is 6.20. The molecular formula is C15H23. The van der Waals surface area contributed by atoms with Gasteiger partial charge in [-0.25, -0.2) is 0 Å². The van der Waals surface area contributed by atoms with Gasteiger partial charge in [-0.2, -0.15) is 0 Å². The van der Waals surface area contributed by atoms with E-state index < -0.39 is 0 Å². The molecule has 1 unspecified atom stereocenters. The van der Waals surface area contributed by atoms with E-state index >= 15 is 0 Å². The molecule has 0 N–H and O–H groups in total. The molecule has 0 bridgehead atoms. The van der Waals surface area contributed by atoms with Crippen LogP contribution in [-0.4, -0.2) is 0 Å². The molecule has 0 heteroatoms. The molecular weight excluding hydrogens is 180 g/mol. The van der Waals surface area contributed by atoms with Gasteiger partial charge < -0.3 is 0 Å². The van der Waals surface area contributed by atoms with Crippen LogP contribution >= 0.6 is 0 Å². The zero-order chi connectivity index (χ0) is 11.1. The molecule has 1 rings (SSSR count). The van der Waals surface area contributed by atoms with Crippen molar-refractivity contribution in [2.24, 2.45) is 0 Å². The van der Waals surface area contributed by atoms with Crippen LogP contribution < -0.4 is 0 Å². The average molecular weight is 203 g/mol. The Morgan fingerprint density at radius 1 is 1.07 bits per heavy atom. The molecule has 0 aromatic heterocycles. The highest BCUT2D eigenvalue weighted by Crippen LogP contribution is 2.29. The number of hydrogen-bond acceptors (Lipinski definition) is 0. The van der Waals surface area contributed by atoms with Crippen molar-refractivity contribution in [1.29, 1.82) is 0 Å². The molecule has 0 heterocycles. The first-order chi connectivity index (χ1) is 7.29. The maximum atomic E-state index is 4.13. The quantitative estimate of drug-likeness (QED) is 0.614. The van der Waals surface area contributed by atoms with Crippen molar-refractivity contribution in [3.63, 3.8) is 0 Å². The molecule has 1 atom stereocenters. The van der Waals surface area contributed by atoms with Crippen molar-refractivity contribution < 1.29 is 0 Å². The summed E-state index contributed by atoms with van der Waals surface area (Å²) in [6, 6.07) is 8.59. The maximum absolute atomic E-state index is 4.13. The van der Waals surface area contributed by atoms with Crippen LogP contribution in [0.5, 0.6) is 0 Å². The molecule has 0 nitrogen and oxygen atoms in total. The van der Waals surface area contributed by atoms with Crippen LogP contribution in [0.15, 0.2) is 24.3 Å². The summed E-state index contributed by atoms with van der Waals surface area (Å²) in [5.41, 5.74) is 2.68. The molecule has 1 aromatic rings. The summed E-state index contributed by atoms with van der Waals surface area (Å²) < 4.78 is 0. The fraction of sp³-hybridized carbons (Fsp3) is 0.533. The Kier molecular flexibility index (Phi) is 5.45.